The van der Waals surface area contributed by atoms with Gasteiger partial charge in [-0.05, 0) is 48.9 Å². The summed E-state index contributed by atoms with van der Waals surface area (Å²) in [4.78, 5) is 11.8. The molecule has 112 valence electrons. The first-order chi connectivity index (χ1) is 9.56. The highest BCUT2D eigenvalue weighted by atomic mass is 16.5. The van der Waals surface area contributed by atoms with Gasteiger partial charge in [-0.15, -0.1) is 0 Å². The molecule has 0 radical (unpaired) electrons. The number of carbonyl (C=O) groups is 1. The maximum atomic E-state index is 11.8. The van der Waals surface area contributed by atoms with Gasteiger partial charge >= 0.3 is 5.97 Å². The lowest BCUT2D eigenvalue weighted by atomic mass is 9.85. The van der Waals surface area contributed by atoms with E-state index in [1.807, 2.05) is 13.0 Å². The highest BCUT2D eigenvalue weighted by Gasteiger charge is 2.20. The average molecular weight is 277 g/mol. The fourth-order valence-electron chi connectivity index (χ4n) is 2.82. The number of hydrogen-bond donors (Lipinski definition) is 1. The summed E-state index contributed by atoms with van der Waals surface area (Å²) in [5.74, 6) is 0.137. The number of nitrogens with two attached hydrogens (primary N) is 1. The summed E-state index contributed by atoms with van der Waals surface area (Å²) in [6, 6.07) is 3.59. The first-order valence-electron chi connectivity index (χ1n) is 7.54. The van der Waals surface area contributed by atoms with Crippen LogP contribution in [0.2, 0.25) is 0 Å². The Morgan fingerprint density at radius 2 is 2.00 bits per heavy atom. The molecule has 0 saturated heterocycles. The van der Waals surface area contributed by atoms with Crippen LogP contribution in [0.5, 0.6) is 0 Å². The Hall–Kier alpha value is -1.51. The van der Waals surface area contributed by atoms with Gasteiger partial charge in [0.1, 0.15) is 0 Å². The van der Waals surface area contributed by atoms with E-state index in [0.717, 1.165) is 29.7 Å². The molecule has 1 atom stereocenters. The van der Waals surface area contributed by atoms with E-state index in [0.29, 0.717) is 11.5 Å². The number of carbonyl (C=O) groups excluding carboxylic acids is 1. The van der Waals surface area contributed by atoms with Crippen LogP contribution in [-0.2, 0) is 4.74 Å². The standard InChI is InChI=1S/C17H27NO2/c1-5-7-8-9-13(6-2)16-12(3)14(17(19)20-4)10-11-15(16)18/h10-11,13H,5-9,18H2,1-4H3. The van der Waals surface area contributed by atoms with Crippen molar-refractivity contribution in [3.63, 3.8) is 0 Å². The Labute approximate surface area is 122 Å². The third-order valence-corrected chi connectivity index (χ3v) is 4.01. The van der Waals surface area contributed by atoms with Crippen molar-refractivity contribution >= 4 is 11.7 Å². The second kappa shape index (κ2) is 7.93. The van der Waals surface area contributed by atoms with Gasteiger partial charge in [-0.1, -0.05) is 33.1 Å². The van der Waals surface area contributed by atoms with Gasteiger partial charge in [0.2, 0.25) is 0 Å². The Bertz CT molecular complexity index is 455. The van der Waals surface area contributed by atoms with Crippen molar-refractivity contribution in [2.75, 3.05) is 12.8 Å². The average Bonchev–Trinajstić information content (AvgIpc) is 2.45. The number of hydrogen-bond acceptors (Lipinski definition) is 3. The first kappa shape index (κ1) is 16.5. The summed E-state index contributed by atoms with van der Waals surface area (Å²) in [5, 5.41) is 0. The van der Waals surface area contributed by atoms with Gasteiger partial charge in [0.15, 0.2) is 0 Å². The number of benzene rings is 1. The van der Waals surface area contributed by atoms with E-state index in [1.54, 1.807) is 6.07 Å². The van der Waals surface area contributed by atoms with Crippen molar-refractivity contribution in [2.24, 2.45) is 0 Å². The third-order valence-electron chi connectivity index (χ3n) is 4.01. The van der Waals surface area contributed by atoms with Crippen LogP contribution in [0.25, 0.3) is 0 Å². The quantitative estimate of drug-likeness (QED) is 0.455. The molecule has 0 bridgehead atoms. The van der Waals surface area contributed by atoms with Crippen molar-refractivity contribution in [3.05, 3.63) is 28.8 Å². The van der Waals surface area contributed by atoms with Crippen LogP contribution in [0.3, 0.4) is 0 Å². The summed E-state index contributed by atoms with van der Waals surface area (Å²) in [7, 11) is 1.41. The number of unbranched alkanes of at least 4 members (excludes halogenated alkanes) is 2. The topological polar surface area (TPSA) is 52.3 Å². The van der Waals surface area contributed by atoms with Crippen LogP contribution in [-0.4, -0.2) is 13.1 Å². The van der Waals surface area contributed by atoms with Crippen LogP contribution < -0.4 is 5.73 Å². The second-order valence-corrected chi connectivity index (χ2v) is 5.33. The number of anilines is 1. The van der Waals surface area contributed by atoms with Gasteiger partial charge in [0.25, 0.3) is 0 Å². The zero-order chi connectivity index (χ0) is 15.1. The molecule has 0 amide bonds. The number of esters is 1. The lowest BCUT2D eigenvalue weighted by Gasteiger charge is -2.21. The fraction of sp³-hybridized carbons (Fsp3) is 0.588. The van der Waals surface area contributed by atoms with E-state index in [2.05, 4.69) is 13.8 Å². The van der Waals surface area contributed by atoms with Crippen molar-refractivity contribution in [3.8, 4) is 0 Å². The van der Waals surface area contributed by atoms with E-state index in [4.69, 9.17) is 10.5 Å². The molecular formula is C17H27NO2. The molecule has 1 aromatic carbocycles. The lowest BCUT2D eigenvalue weighted by Crippen LogP contribution is -2.11. The van der Waals surface area contributed by atoms with Crippen molar-refractivity contribution < 1.29 is 9.53 Å². The molecule has 0 aliphatic heterocycles. The SMILES string of the molecule is CCCCCC(CC)c1c(N)ccc(C(=O)OC)c1C. The maximum Gasteiger partial charge on any atom is 0.338 e. The summed E-state index contributed by atoms with van der Waals surface area (Å²) in [6.45, 7) is 6.36. The predicted octanol–water partition coefficient (Wildman–Crippen LogP) is 4.44. The third kappa shape index (κ3) is 3.75. The molecule has 0 aromatic heterocycles. The molecule has 0 heterocycles. The summed E-state index contributed by atoms with van der Waals surface area (Å²) < 4.78 is 4.84. The first-order valence-corrected chi connectivity index (χ1v) is 7.54. The molecule has 0 aliphatic carbocycles. The van der Waals surface area contributed by atoms with E-state index < -0.39 is 0 Å². The highest BCUT2D eigenvalue weighted by molar-refractivity contribution is 5.92. The molecule has 1 unspecified atom stereocenters. The van der Waals surface area contributed by atoms with Crippen molar-refractivity contribution in [1.29, 1.82) is 0 Å². The van der Waals surface area contributed by atoms with Crippen LogP contribution in [0.15, 0.2) is 12.1 Å². The minimum Gasteiger partial charge on any atom is -0.465 e. The van der Waals surface area contributed by atoms with E-state index in [9.17, 15) is 4.79 Å². The molecular weight excluding hydrogens is 250 g/mol. The fourth-order valence-corrected chi connectivity index (χ4v) is 2.82. The monoisotopic (exact) mass is 277 g/mol. The van der Waals surface area contributed by atoms with Gasteiger partial charge < -0.3 is 10.5 Å². The van der Waals surface area contributed by atoms with Crippen LogP contribution in [0.1, 0.15) is 73.4 Å². The van der Waals surface area contributed by atoms with E-state index in [-0.39, 0.29) is 5.97 Å². The molecule has 0 fully saturated rings. The smallest absolute Gasteiger partial charge is 0.338 e. The number of nitrogen functional groups attached to an aromatic ring is 1. The number of rotatable bonds is 7. The van der Waals surface area contributed by atoms with Gasteiger partial charge in [-0.3, -0.25) is 0 Å². The number of ether oxygens (including phenoxy) is 1. The summed E-state index contributed by atoms with van der Waals surface area (Å²) in [5.41, 5.74) is 9.68. The number of methoxy groups -OCH3 is 1. The summed E-state index contributed by atoms with van der Waals surface area (Å²) in [6.07, 6.45) is 5.83. The maximum absolute atomic E-state index is 11.8. The molecule has 0 aliphatic rings. The predicted molar refractivity (Wildman–Crippen MR) is 84.1 cm³/mol. The molecule has 2 N–H and O–H groups in total. The van der Waals surface area contributed by atoms with Gasteiger partial charge in [0, 0.05) is 5.69 Å². The minimum atomic E-state index is -0.285. The largest absolute Gasteiger partial charge is 0.465 e. The minimum absolute atomic E-state index is 0.285. The Balaban J connectivity index is 3.10. The normalized spacial score (nSPS) is 12.2. The van der Waals surface area contributed by atoms with E-state index in [1.165, 1.54) is 26.4 Å². The van der Waals surface area contributed by atoms with Crippen LogP contribution in [0, 0.1) is 6.92 Å². The summed E-state index contributed by atoms with van der Waals surface area (Å²) >= 11 is 0. The highest BCUT2D eigenvalue weighted by Crippen LogP contribution is 2.34. The Morgan fingerprint density at radius 3 is 2.55 bits per heavy atom. The second-order valence-electron chi connectivity index (χ2n) is 5.33. The van der Waals surface area contributed by atoms with E-state index >= 15 is 0 Å². The van der Waals surface area contributed by atoms with Crippen molar-refractivity contribution in [2.45, 2.75) is 58.8 Å². The molecule has 1 aromatic rings. The van der Waals surface area contributed by atoms with Gasteiger partial charge in [-0.2, -0.15) is 0 Å². The zero-order valence-corrected chi connectivity index (χ0v) is 13.2. The van der Waals surface area contributed by atoms with Crippen LogP contribution in [0.4, 0.5) is 5.69 Å². The Morgan fingerprint density at radius 1 is 1.30 bits per heavy atom. The molecule has 1 rings (SSSR count). The molecule has 20 heavy (non-hydrogen) atoms. The molecule has 3 heteroatoms. The van der Waals surface area contributed by atoms with Crippen LogP contribution >= 0.6 is 0 Å². The molecule has 3 nitrogen and oxygen atoms in total. The van der Waals surface area contributed by atoms with Gasteiger partial charge in [-0.25, -0.2) is 4.79 Å². The van der Waals surface area contributed by atoms with Crippen molar-refractivity contribution in [1.82, 2.24) is 0 Å². The molecule has 0 spiro atoms. The molecule has 0 saturated carbocycles. The Kier molecular flexibility index (Phi) is 6.56. The lowest BCUT2D eigenvalue weighted by molar-refractivity contribution is 0.0600. The van der Waals surface area contributed by atoms with Gasteiger partial charge in [0.05, 0.1) is 12.7 Å². The zero-order valence-electron chi connectivity index (χ0n) is 13.2.